The van der Waals surface area contributed by atoms with E-state index in [1.54, 1.807) is 36.5 Å². The maximum absolute atomic E-state index is 13.7. The smallest absolute Gasteiger partial charge is 0.403 e. The molecule has 1 aliphatic carbocycles. The van der Waals surface area contributed by atoms with Gasteiger partial charge >= 0.3 is 7.82 Å². The highest BCUT2D eigenvalue weighted by Crippen LogP contribution is 2.48. The number of carbonyl (C=O) groups excluding carboxylic acids is 3. The molecule has 2 aliphatic rings. The van der Waals surface area contributed by atoms with Crippen LogP contribution in [0.15, 0.2) is 79.0 Å². The summed E-state index contributed by atoms with van der Waals surface area (Å²) in [6.45, 7) is 1.83. The van der Waals surface area contributed by atoms with Gasteiger partial charge in [0, 0.05) is 35.5 Å². The van der Waals surface area contributed by atoms with Crippen molar-refractivity contribution in [1.82, 2.24) is 4.57 Å². The first kappa shape index (κ1) is 24.2. The quantitative estimate of drug-likeness (QED) is 0.240. The standard InChI is InChI=1S/C29H22NO7P/c1-17-20-11-6-5-10-19(20)14-30-15-22-26(27(17)30)28(32)21-12-7-13-24(25(21)29(22)33)37-38(34,35)36-16-23(31)18-8-3-2-4-9-18/h2-13,15,17H,14,16H2,1H3,(H,34,35). The molecule has 0 saturated carbocycles. The van der Waals surface area contributed by atoms with Gasteiger partial charge in [0.2, 0.25) is 0 Å². The summed E-state index contributed by atoms with van der Waals surface area (Å²) in [5.41, 5.74) is 3.85. The van der Waals surface area contributed by atoms with E-state index in [0.29, 0.717) is 17.7 Å². The predicted molar refractivity (Wildman–Crippen MR) is 138 cm³/mol. The normalized spacial score (nSPS) is 17.1. The Labute approximate surface area is 218 Å². The monoisotopic (exact) mass is 527 g/mol. The summed E-state index contributed by atoms with van der Waals surface area (Å²) in [6.07, 6.45) is 1.67. The van der Waals surface area contributed by atoms with E-state index in [9.17, 15) is 23.8 Å². The van der Waals surface area contributed by atoms with Crippen LogP contribution in [0.2, 0.25) is 0 Å². The molecule has 1 aromatic heterocycles. The maximum Gasteiger partial charge on any atom is 0.527 e. The van der Waals surface area contributed by atoms with Crippen LogP contribution in [0.25, 0.3) is 0 Å². The predicted octanol–water partition coefficient (Wildman–Crippen LogP) is 5.16. The summed E-state index contributed by atoms with van der Waals surface area (Å²) >= 11 is 0. The second kappa shape index (κ2) is 9.03. The minimum Gasteiger partial charge on any atom is -0.403 e. The molecule has 2 unspecified atom stereocenters. The number of nitrogens with zero attached hydrogens (tertiary/aromatic N) is 1. The summed E-state index contributed by atoms with van der Waals surface area (Å²) in [6, 6.07) is 20.4. The highest BCUT2D eigenvalue weighted by Gasteiger charge is 2.40. The van der Waals surface area contributed by atoms with Crippen molar-refractivity contribution < 1.29 is 32.9 Å². The van der Waals surface area contributed by atoms with Gasteiger partial charge in [0.15, 0.2) is 17.3 Å². The third-order valence-electron chi connectivity index (χ3n) is 7.03. The van der Waals surface area contributed by atoms with Crippen LogP contribution >= 0.6 is 7.82 Å². The molecule has 38 heavy (non-hydrogen) atoms. The van der Waals surface area contributed by atoms with Gasteiger partial charge in [-0.25, -0.2) is 4.57 Å². The minimum absolute atomic E-state index is 0.0837. The second-order valence-electron chi connectivity index (χ2n) is 9.31. The summed E-state index contributed by atoms with van der Waals surface area (Å²) in [4.78, 5) is 50.0. The third kappa shape index (κ3) is 3.94. The van der Waals surface area contributed by atoms with Crippen molar-refractivity contribution in [3.63, 3.8) is 0 Å². The first-order chi connectivity index (χ1) is 18.2. The Kier molecular flexibility index (Phi) is 5.76. The van der Waals surface area contributed by atoms with Crippen molar-refractivity contribution in [1.29, 1.82) is 0 Å². The van der Waals surface area contributed by atoms with Gasteiger partial charge in [-0.15, -0.1) is 0 Å². The number of ketones is 3. The molecule has 6 rings (SSSR count). The highest BCUT2D eigenvalue weighted by atomic mass is 31.2. The molecule has 0 saturated heterocycles. The van der Waals surface area contributed by atoms with Gasteiger partial charge in [0.05, 0.1) is 16.7 Å². The van der Waals surface area contributed by atoms with Crippen molar-refractivity contribution in [2.45, 2.75) is 19.4 Å². The van der Waals surface area contributed by atoms with E-state index < -0.39 is 26.0 Å². The largest absolute Gasteiger partial charge is 0.527 e. The van der Waals surface area contributed by atoms with Gasteiger partial charge in [0.25, 0.3) is 0 Å². The number of aromatic nitrogens is 1. The summed E-state index contributed by atoms with van der Waals surface area (Å²) in [5, 5.41) is 0. The van der Waals surface area contributed by atoms with Gasteiger partial charge in [-0.1, -0.05) is 73.7 Å². The Bertz CT molecular complexity index is 1690. The van der Waals surface area contributed by atoms with Crippen LogP contribution in [0, 0.1) is 0 Å². The number of hydrogen-bond acceptors (Lipinski definition) is 6. The van der Waals surface area contributed by atoms with E-state index in [1.165, 1.54) is 18.2 Å². The Morgan fingerprint density at radius 3 is 2.45 bits per heavy atom. The van der Waals surface area contributed by atoms with Crippen LogP contribution < -0.4 is 4.52 Å². The number of rotatable bonds is 6. The fourth-order valence-corrected chi connectivity index (χ4v) is 6.04. The minimum atomic E-state index is -4.81. The molecule has 4 aromatic rings. The lowest BCUT2D eigenvalue weighted by Gasteiger charge is -2.27. The number of Topliss-reactive ketones (excluding diaryl/α,β-unsaturated/α-hetero) is 1. The number of fused-ring (bicyclic) bond motifs is 5. The van der Waals surface area contributed by atoms with Crippen molar-refractivity contribution >= 4 is 25.2 Å². The van der Waals surface area contributed by atoms with Gasteiger partial charge in [-0.2, -0.15) is 0 Å². The van der Waals surface area contributed by atoms with Crippen LogP contribution in [0.4, 0.5) is 0 Å². The molecule has 0 spiro atoms. The summed E-state index contributed by atoms with van der Waals surface area (Å²) in [7, 11) is -4.81. The van der Waals surface area contributed by atoms with Crippen molar-refractivity contribution in [2.24, 2.45) is 0 Å². The highest BCUT2D eigenvalue weighted by molar-refractivity contribution is 7.47. The molecule has 3 aromatic carbocycles. The molecule has 0 fully saturated rings. The lowest BCUT2D eigenvalue weighted by molar-refractivity contribution is 0.0886. The molecule has 0 bridgehead atoms. The molecule has 2 heterocycles. The van der Waals surface area contributed by atoms with Crippen molar-refractivity contribution in [2.75, 3.05) is 6.61 Å². The Hall–Kier alpha value is -4.10. The van der Waals surface area contributed by atoms with Crippen molar-refractivity contribution in [3.8, 4) is 5.75 Å². The number of hydrogen-bond donors (Lipinski definition) is 1. The zero-order valence-corrected chi connectivity index (χ0v) is 21.2. The Morgan fingerprint density at radius 2 is 1.66 bits per heavy atom. The van der Waals surface area contributed by atoms with E-state index in [-0.39, 0.29) is 34.1 Å². The van der Waals surface area contributed by atoms with Crippen LogP contribution in [-0.2, 0) is 15.6 Å². The molecule has 0 radical (unpaired) electrons. The molecule has 0 amide bonds. The number of phosphoric acid groups is 1. The molecule has 2 atom stereocenters. The zero-order chi connectivity index (χ0) is 26.6. The molecule has 9 heteroatoms. The van der Waals surface area contributed by atoms with Crippen molar-refractivity contribution in [3.05, 3.63) is 124 Å². The first-order valence-electron chi connectivity index (χ1n) is 12.0. The van der Waals surface area contributed by atoms with Crippen LogP contribution in [-0.4, -0.2) is 33.4 Å². The van der Waals surface area contributed by atoms with Crippen LogP contribution in [0.5, 0.6) is 5.75 Å². The molecule has 1 aliphatic heterocycles. The SMILES string of the molecule is CC1c2ccccc2Cn2cc3c(c21)C(=O)c1cccc(OP(=O)(O)OCC(=O)c2ccccc2)c1C3=O. The summed E-state index contributed by atoms with van der Waals surface area (Å²) in [5.74, 6) is -1.71. The van der Waals surface area contributed by atoms with E-state index >= 15 is 0 Å². The Morgan fingerprint density at radius 1 is 0.947 bits per heavy atom. The topological polar surface area (TPSA) is 112 Å². The Balaban J connectivity index is 1.31. The lowest BCUT2D eigenvalue weighted by atomic mass is 9.81. The number of carbonyl (C=O) groups is 3. The molecule has 8 nitrogen and oxygen atoms in total. The van der Waals surface area contributed by atoms with E-state index in [2.05, 4.69) is 0 Å². The average molecular weight is 527 g/mol. The second-order valence-corrected chi connectivity index (χ2v) is 10.7. The molecule has 1 N–H and O–H groups in total. The fraction of sp³-hybridized carbons (Fsp3) is 0.138. The van der Waals surface area contributed by atoms with Crippen LogP contribution in [0.3, 0.4) is 0 Å². The molecular weight excluding hydrogens is 505 g/mol. The third-order valence-corrected chi connectivity index (χ3v) is 7.91. The zero-order valence-electron chi connectivity index (χ0n) is 20.3. The van der Waals surface area contributed by atoms with Gasteiger partial charge in [-0.05, 0) is 17.2 Å². The van der Waals surface area contributed by atoms with Gasteiger partial charge < -0.3 is 9.09 Å². The average Bonchev–Trinajstić information content (AvgIpc) is 3.31. The fourth-order valence-electron chi connectivity index (χ4n) is 5.31. The lowest BCUT2D eigenvalue weighted by Crippen LogP contribution is -2.23. The number of benzene rings is 3. The van der Waals surface area contributed by atoms with Gasteiger partial charge in [0.1, 0.15) is 12.4 Å². The first-order valence-corrected chi connectivity index (χ1v) is 13.5. The maximum atomic E-state index is 13.7. The summed E-state index contributed by atoms with van der Waals surface area (Å²) < 4.78 is 24.8. The van der Waals surface area contributed by atoms with E-state index in [0.717, 1.165) is 16.8 Å². The van der Waals surface area contributed by atoms with Gasteiger partial charge in [-0.3, -0.25) is 23.8 Å². The number of phosphoric ester groups is 1. The van der Waals surface area contributed by atoms with Crippen LogP contribution in [0.1, 0.15) is 71.9 Å². The molecule has 190 valence electrons. The van der Waals surface area contributed by atoms with E-state index in [1.807, 2.05) is 35.8 Å². The van der Waals surface area contributed by atoms with E-state index in [4.69, 9.17) is 9.05 Å². The molecular formula is C29H22NO7P.